The molecule has 3 heterocycles. The first kappa shape index (κ1) is 39.4. The van der Waals surface area contributed by atoms with Gasteiger partial charge >= 0.3 is 5.97 Å². The number of rotatable bonds is 17. The Labute approximate surface area is 332 Å². The summed E-state index contributed by atoms with van der Waals surface area (Å²) in [5.41, 5.74) is 11.6. The first-order valence-electron chi connectivity index (χ1n) is 18.4. The molecular weight excluding hydrogens is 753 g/mol. The number of carbonyl (C=O) groups excluding carboxylic acids is 3. The van der Waals surface area contributed by atoms with Gasteiger partial charge in [-0.1, -0.05) is 30.3 Å². The van der Waals surface area contributed by atoms with Crippen molar-refractivity contribution < 1.29 is 48.3 Å². The molecule has 296 valence electrons. The van der Waals surface area contributed by atoms with Crippen molar-refractivity contribution in [3.8, 4) is 33.4 Å². The number of phenolic OH excluding ortho intramolecular Hbond substituents is 2. The van der Waals surface area contributed by atoms with E-state index in [1.54, 1.807) is 35.6 Å². The summed E-state index contributed by atoms with van der Waals surface area (Å²) in [5, 5.41) is 25.9. The Morgan fingerprint density at radius 3 is 2.02 bits per heavy atom. The maximum Gasteiger partial charge on any atom is 0.340 e. The number of carbonyl (C=O) groups is 3. The highest BCUT2D eigenvalue weighted by molar-refractivity contribution is 7.13. The summed E-state index contributed by atoms with van der Waals surface area (Å²) >= 11 is 1.59. The lowest BCUT2D eigenvalue weighted by Gasteiger charge is -2.36. The monoisotopic (exact) mass is 794 g/mol. The summed E-state index contributed by atoms with van der Waals surface area (Å²) in [5.74, 6) is -0.711. The van der Waals surface area contributed by atoms with Crippen molar-refractivity contribution in [2.24, 2.45) is 5.73 Å². The lowest BCUT2D eigenvalue weighted by molar-refractivity contribution is -0.121. The van der Waals surface area contributed by atoms with Crippen molar-refractivity contribution in [2.45, 2.75) is 25.0 Å². The van der Waals surface area contributed by atoms with Gasteiger partial charge < -0.3 is 50.3 Å². The van der Waals surface area contributed by atoms with Crippen LogP contribution in [0.15, 0.2) is 84.4 Å². The Kier molecular flexibility index (Phi) is 12.1. The van der Waals surface area contributed by atoms with Crippen molar-refractivity contribution >= 4 is 29.1 Å². The van der Waals surface area contributed by atoms with Crippen LogP contribution >= 0.6 is 11.3 Å². The summed E-state index contributed by atoms with van der Waals surface area (Å²) in [7, 11) is 0. The van der Waals surface area contributed by atoms with Crippen LogP contribution in [0.25, 0.3) is 10.4 Å². The van der Waals surface area contributed by atoms with Gasteiger partial charge in [-0.3, -0.25) is 9.59 Å². The third-order valence-electron chi connectivity index (χ3n) is 9.63. The molecule has 1 spiro atoms. The molecule has 0 unspecified atom stereocenters. The molecule has 2 aliphatic rings. The van der Waals surface area contributed by atoms with Gasteiger partial charge in [-0.2, -0.15) is 0 Å². The molecular formula is C42H42N4O10S. The minimum Gasteiger partial charge on any atom is -0.508 e. The first-order valence-corrected chi connectivity index (χ1v) is 19.3. The predicted molar refractivity (Wildman–Crippen MR) is 210 cm³/mol. The second-order valence-corrected chi connectivity index (χ2v) is 14.3. The van der Waals surface area contributed by atoms with Gasteiger partial charge in [0.25, 0.3) is 5.91 Å². The van der Waals surface area contributed by atoms with E-state index in [2.05, 4.69) is 15.6 Å². The molecule has 14 nitrogen and oxygen atoms in total. The van der Waals surface area contributed by atoms with E-state index in [9.17, 15) is 24.6 Å². The number of hydrogen-bond donors (Lipinski definition) is 5. The molecule has 2 amide bonds. The number of benzene rings is 4. The third-order valence-corrected chi connectivity index (χ3v) is 10.6. The molecule has 0 bridgehead atoms. The normalized spacial score (nSPS) is 13.9. The minimum absolute atomic E-state index is 0.0409. The van der Waals surface area contributed by atoms with E-state index >= 15 is 0 Å². The first-order chi connectivity index (χ1) is 27.6. The van der Waals surface area contributed by atoms with E-state index in [0.29, 0.717) is 56.3 Å². The van der Waals surface area contributed by atoms with Gasteiger partial charge in [0.05, 0.1) is 61.3 Å². The maximum absolute atomic E-state index is 13.3. The van der Waals surface area contributed by atoms with Crippen molar-refractivity contribution in [3.05, 3.63) is 123 Å². The van der Waals surface area contributed by atoms with Crippen molar-refractivity contribution in [2.75, 3.05) is 52.7 Å². The zero-order valence-corrected chi connectivity index (χ0v) is 31.9. The number of phenols is 2. The van der Waals surface area contributed by atoms with E-state index < -0.39 is 23.5 Å². The Hall–Kier alpha value is -5.84. The van der Waals surface area contributed by atoms with Crippen LogP contribution in [0.2, 0.25) is 0 Å². The maximum atomic E-state index is 13.3. The molecule has 57 heavy (non-hydrogen) atoms. The minimum atomic E-state index is -1.40. The number of fused-ring (bicyclic) bond motifs is 6. The fourth-order valence-electron chi connectivity index (χ4n) is 6.84. The number of ether oxygens (including phenoxy) is 5. The average Bonchev–Trinajstić information content (AvgIpc) is 3.76. The smallest absolute Gasteiger partial charge is 0.340 e. The summed E-state index contributed by atoms with van der Waals surface area (Å²) < 4.78 is 28.7. The van der Waals surface area contributed by atoms with E-state index in [4.69, 9.17) is 29.4 Å². The molecule has 2 aliphatic heterocycles. The number of aromatic hydroxyl groups is 2. The van der Waals surface area contributed by atoms with Crippen LogP contribution in [0.3, 0.4) is 0 Å². The van der Waals surface area contributed by atoms with E-state index in [1.807, 2.05) is 36.7 Å². The molecule has 1 atom stereocenters. The second kappa shape index (κ2) is 17.5. The van der Waals surface area contributed by atoms with Crippen LogP contribution < -0.4 is 21.1 Å². The van der Waals surface area contributed by atoms with Gasteiger partial charge in [0.2, 0.25) is 5.91 Å². The number of thiazole rings is 1. The average molecular weight is 795 g/mol. The van der Waals surface area contributed by atoms with Gasteiger partial charge in [0.15, 0.2) is 5.60 Å². The Morgan fingerprint density at radius 2 is 1.40 bits per heavy atom. The van der Waals surface area contributed by atoms with Crippen LogP contribution in [0, 0.1) is 6.92 Å². The molecule has 1 aromatic heterocycles. The fraction of sp³-hybridized carbons (Fsp3) is 0.286. The molecule has 0 aliphatic carbocycles. The number of aryl methyl sites for hydroxylation is 1. The molecule has 0 radical (unpaired) electrons. The van der Waals surface area contributed by atoms with Crippen LogP contribution in [0.5, 0.6) is 23.0 Å². The Balaban J connectivity index is 0.769. The molecule has 6 N–H and O–H groups in total. The Bertz CT molecular complexity index is 2210. The van der Waals surface area contributed by atoms with Crippen LogP contribution in [0.1, 0.15) is 61.1 Å². The standard InChI is InChI=1S/C42H42N4O10S/c1-25-39(57-24-46-25)27-4-2-26(3-5-27)35(43)23-38(49)44-12-14-52-16-18-54-19-17-53-15-13-45-40(50)28-6-9-32-31(20-28)41(51)56-42(32)33-10-7-29(47)21-36(33)55-37-22-30(48)8-11-34(37)42/h2-11,20-22,24,35,47-48H,12-19,23,43H2,1H3,(H,44,49)(H,45,50)/t35-/m0/s1. The van der Waals surface area contributed by atoms with Gasteiger partial charge in [0, 0.05) is 59.9 Å². The van der Waals surface area contributed by atoms with Crippen LogP contribution in [-0.4, -0.2) is 85.7 Å². The fourth-order valence-corrected chi connectivity index (χ4v) is 7.65. The van der Waals surface area contributed by atoms with Crippen LogP contribution in [0.4, 0.5) is 0 Å². The molecule has 0 saturated heterocycles. The molecule has 15 heteroatoms. The number of nitrogens with two attached hydrogens (primary N) is 1. The number of nitrogens with one attached hydrogen (secondary N) is 2. The zero-order chi connectivity index (χ0) is 39.9. The predicted octanol–water partition coefficient (Wildman–Crippen LogP) is 5.08. The highest BCUT2D eigenvalue weighted by Gasteiger charge is 2.53. The number of amides is 2. The summed E-state index contributed by atoms with van der Waals surface area (Å²) in [4.78, 5) is 44.1. The van der Waals surface area contributed by atoms with E-state index in [-0.39, 0.29) is 59.6 Å². The van der Waals surface area contributed by atoms with Crippen molar-refractivity contribution in [3.63, 3.8) is 0 Å². The van der Waals surface area contributed by atoms with Gasteiger partial charge in [-0.05, 0) is 54.4 Å². The molecule has 7 rings (SSSR count). The highest BCUT2D eigenvalue weighted by Crippen LogP contribution is 2.57. The van der Waals surface area contributed by atoms with Gasteiger partial charge in [-0.25, -0.2) is 9.78 Å². The Morgan fingerprint density at radius 1 is 0.807 bits per heavy atom. The van der Waals surface area contributed by atoms with Crippen molar-refractivity contribution in [1.29, 1.82) is 0 Å². The quantitative estimate of drug-likeness (QED) is 0.0619. The van der Waals surface area contributed by atoms with Gasteiger partial charge in [-0.15, -0.1) is 11.3 Å². The van der Waals surface area contributed by atoms with E-state index in [0.717, 1.165) is 21.7 Å². The third kappa shape index (κ3) is 8.62. The lowest BCUT2D eigenvalue weighted by atomic mass is 9.77. The largest absolute Gasteiger partial charge is 0.508 e. The highest BCUT2D eigenvalue weighted by atomic mass is 32.1. The lowest BCUT2D eigenvalue weighted by Crippen LogP contribution is -2.33. The van der Waals surface area contributed by atoms with Crippen molar-refractivity contribution in [1.82, 2.24) is 15.6 Å². The van der Waals surface area contributed by atoms with Gasteiger partial charge in [0.1, 0.15) is 23.0 Å². The topological polar surface area (TPSA) is 201 Å². The SMILES string of the molecule is Cc1ncsc1-c1ccc([C@@H](N)CC(=O)NCCOCCOCCOCCNC(=O)c2ccc3c(c2)C(=O)OC32c3ccc(O)cc3Oc3cc(O)ccc32)cc1. The molecule has 5 aromatic rings. The number of aromatic nitrogens is 1. The zero-order valence-electron chi connectivity index (χ0n) is 31.1. The summed E-state index contributed by atoms with van der Waals surface area (Å²) in [6, 6.07) is 21.3. The van der Waals surface area contributed by atoms with E-state index in [1.165, 1.54) is 30.3 Å². The number of nitrogens with zero attached hydrogens (tertiary/aromatic N) is 1. The summed E-state index contributed by atoms with van der Waals surface area (Å²) in [6.45, 7) is 4.51. The number of hydrogen-bond acceptors (Lipinski definition) is 13. The second-order valence-electron chi connectivity index (χ2n) is 13.4. The summed E-state index contributed by atoms with van der Waals surface area (Å²) in [6.07, 6.45) is 0.167. The molecule has 0 saturated carbocycles. The number of esters is 1. The molecule has 4 aromatic carbocycles. The van der Waals surface area contributed by atoms with Crippen LogP contribution in [-0.2, 0) is 29.3 Å². The molecule has 0 fully saturated rings.